The molecule has 2 N–H and O–H groups in total. The Morgan fingerprint density at radius 1 is 1.37 bits per heavy atom. The van der Waals surface area contributed by atoms with Crippen LogP contribution in [0.2, 0.25) is 0 Å². The van der Waals surface area contributed by atoms with E-state index < -0.39 is 0 Å². The highest BCUT2D eigenvalue weighted by molar-refractivity contribution is 5.53. The van der Waals surface area contributed by atoms with Crippen LogP contribution in [0, 0.1) is 0 Å². The van der Waals surface area contributed by atoms with E-state index in [1.165, 1.54) is 0 Å². The summed E-state index contributed by atoms with van der Waals surface area (Å²) in [5.74, 6) is 0. The van der Waals surface area contributed by atoms with Crippen molar-refractivity contribution in [3.8, 4) is 11.4 Å². The first-order valence-electron chi connectivity index (χ1n) is 6.44. The summed E-state index contributed by atoms with van der Waals surface area (Å²) in [5, 5.41) is 9.85. The number of aromatic nitrogens is 3. The Balaban J connectivity index is 2.23. The molecule has 5 nitrogen and oxygen atoms in total. The Morgan fingerprint density at radius 3 is 2.89 bits per heavy atom. The molecule has 0 spiro atoms. The molecule has 0 aliphatic carbocycles. The van der Waals surface area contributed by atoms with Gasteiger partial charge in [0.15, 0.2) is 0 Å². The van der Waals surface area contributed by atoms with Gasteiger partial charge in [-0.2, -0.15) is 5.10 Å². The summed E-state index contributed by atoms with van der Waals surface area (Å²) < 4.78 is 0. The molecule has 1 unspecified atom stereocenters. The number of nitrogens with one attached hydrogen (secondary N) is 2. The zero-order valence-corrected chi connectivity index (χ0v) is 11.2. The molecule has 2 aromatic heterocycles. The predicted molar refractivity (Wildman–Crippen MR) is 74.7 cm³/mol. The standard InChI is InChI=1S/C14H18N4O/c1-3-10(2)16-9-11-8-13(17-18-14(11)19)12-6-4-5-7-15-12/h4-8,10,16H,3,9H2,1-2H3,(H,18,19). The van der Waals surface area contributed by atoms with Gasteiger partial charge in [0.05, 0.1) is 5.69 Å². The Morgan fingerprint density at radius 2 is 2.21 bits per heavy atom. The maximum atomic E-state index is 11.7. The molecule has 0 bridgehead atoms. The minimum absolute atomic E-state index is 0.157. The van der Waals surface area contributed by atoms with Crippen molar-refractivity contribution in [3.63, 3.8) is 0 Å². The van der Waals surface area contributed by atoms with Crippen LogP contribution in [-0.2, 0) is 6.54 Å². The lowest BCUT2D eigenvalue weighted by Crippen LogP contribution is -2.28. The largest absolute Gasteiger partial charge is 0.310 e. The van der Waals surface area contributed by atoms with Crippen LogP contribution in [0.1, 0.15) is 25.8 Å². The molecule has 0 radical (unpaired) electrons. The van der Waals surface area contributed by atoms with Gasteiger partial charge in [0.25, 0.3) is 5.56 Å². The van der Waals surface area contributed by atoms with Gasteiger partial charge >= 0.3 is 0 Å². The Labute approximate surface area is 112 Å². The third-order valence-corrected chi connectivity index (χ3v) is 3.06. The second-order valence-corrected chi connectivity index (χ2v) is 4.51. The first-order chi connectivity index (χ1) is 9.20. The first kappa shape index (κ1) is 13.4. The minimum Gasteiger partial charge on any atom is -0.310 e. The fourth-order valence-electron chi connectivity index (χ4n) is 1.65. The number of pyridine rings is 1. The van der Waals surface area contributed by atoms with Gasteiger partial charge in [0, 0.05) is 24.3 Å². The molecule has 1 atom stereocenters. The van der Waals surface area contributed by atoms with E-state index in [1.807, 2.05) is 18.2 Å². The predicted octanol–water partition coefficient (Wildman–Crippen LogP) is 1.72. The van der Waals surface area contributed by atoms with Crippen molar-refractivity contribution in [2.75, 3.05) is 0 Å². The molecule has 2 heterocycles. The van der Waals surface area contributed by atoms with Crippen LogP contribution in [-0.4, -0.2) is 21.2 Å². The summed E-state index contributed by atoms with van der Waals surface area (Å²) >= 11 is 0. The molecule has 0 aromatic carbocycles. The maximum Gasteiger partial charge on any atom is 0.268 e. The van der Waals surface area contributed by atoms with Gasteiger partial charge in [-0.15, -0.1) is 0 Å². The summed E-state index contributed by atoms with van der Waals surface area (Å²) in [6.45, 7) is 4.73. The van der Waals surface area contributed by atoms with Crippen molar-refractivity contribution < 1.29 is 0 Å². The van der Waals surface area contributed by atoms with Crippen LogP contribution in [0.5, 0.6) is 0 Å². The van der Waals surface area contributed by atoms with Crippen LogP contribution in [0.15, 0.2) is 35.3 Å². The number of nitrogens with zero attached hydrogens (tertiary/aromatic N) is 2. The Bertz CT molecular complexity index is 579. The van der Waals surface area contributed by atoms with Crippen molar-refractivity contribution in [2.24, 2.45) is 0 Å². The van der Waals surface area contributed by atoms with Gasteiger partial charge < -0.3 is 5.32 Å². The molecule has 2 rings (SSSR count). The molecule has 2 aromatic rings. The number of H-pyrrole nitrogens is 1. The Kier molecular flexibility index (Phi) is 4.41. The van der Waals surface area contributed by atoms with Crippen LogP contribution in [0.3, 0.4) is 0 Å². The van der Waals surface area contributed by atoms with Gasteiger partial charge in [-0.1, -0.05) is 13.0 Å². The SMILES string of the molecule is CCC(C)NCc1cc(-c2ccccn2)n[nH]c1=O. The third kappa shape index (κ3) is 3.48. The average Bonchev–Trinajstić information content (AvgIpc) is 2.47. The zero-order chi connectivity index (χ0) is 13.7. The fraction of sp³-hybridized carbons (Fsp3) is 0.357. The lowest BCUT2D eigenvalue weighted by atomic mass is 10.2. The molecule has 0 fully saturated rings. The fourth-order valence-corrected chi connectivity index (χ4v) is 1.65. The number of hydrogen-bond acceptors (Lipinski definition) is 4. The molecule has 0 aliphatic heterocycles. The van der Waals surface area contributed by atoms with Crippen LogP contribution >= 0.6 is 0 Å². The van der Waals surface area contributed by atoms with Gasteiger partial charge in [-0.05, 0) is 31.5 Å². The van der Waals surface area contributed by atoms with E-state index >= 15 is 0 Å². The molecule has 100 valence electrons. The van der Waals surface area contributed by atoms with Crippen molar-refractivity contribution in [2.45, 2.75) is 32.9 Å². The number of rotatable bonds is 5. The minimum atomic E-state index is -0.157. The smallest absolute Gasteiger partial charge is 0.268 e. The average molecular weight is 258 g/mol. The van der Waals surface area contributed by atoms with Crippen molar-refractivity contribution >= 4 is 0 Å². The van der Waals surface area contributed by atoms with E-state index in [0.29, 0.717) is 23.8 Å². The van der Waals surface area contributed by atoms with E-state index in [4.69, 9.17) is 0 Å². The number of aromatic amines is 1. The molecule has 0 amide bonds. The summed E-state index contributed by atoms with van der Waals surface area (Å²) in [7, 11) is 0. The zero-order valence-electron chi connectivity index (χ0n) is 11.2. The summed E-state index contributed by atoms with van der Waals surface area (Å²) in [5.41, 5.74) is 1.95. The molecule has 0 saturated heterocycles. The normalized spacial score (nSPS) is 12.3. The highest BCUT2D eigenvalue weighted by Crippen LogP contribution is 2.12. The van der Waals surface area contributed by atoms with E-state index in [0.717, 1.165) is 12.1 Å². The van der Waals surface area contributed by atoms with Crippen LogP contribution in [0.4, 0.5) is 0 Å². The van der Waals surface area contributed by atoms with Gasteiger partial charge in [-0.25, -0.2) is 5.10 Å². The van der Waals surface area contributed by atoms with Crippen molar-refractivity contribution in [3.05, 3.63) is 46.4 Å². The second-order valence-electron chi connectivity index (χ2n) is 4.51. The van der Waals surface area contributed by atoms with Crippen LogP contribution in [0.25, 0.3) is 11.4 Å². The summed E-state index contributed by atoms with van der Waals surface area (Å²) in [4.78, 5) is 16.0. The summed E-state index contributed by atoms with van der Waals surface area (Å²) in [6, 6.07) is 7.78. The monoisotopic (exact) mass is 258 g/mol. The van der Waals surface area contributed by atoms with Crippen molar-refractivity contribution in [1.29, 1.82) is 0 Å². The highest BCUT2D eigenvalue weighted by Gasteiger charge is 2.07. The molecule has 0 saturated carbocycles. The highest BCUT2D eigenvalue weighted by atomic mass is 16.1. The Hall–Kier alpha value is -2.01. The molecular weight excluding hydrogens is 240 g/mol. The van der Waals surface area contributed by atoms with Crippen LogP contribution < -0.4 is 10.9 Å². The summed E-state index contributed by atoms with van der Waals surface area (Å²) in [6.07, 6.45) is 2.73. The molecule has 5 heteroatoms. The lowest BCUT2D eigenvalue weighted by molar-refractivity contribution is 0.531. The second kappa shape index (κ2) is 6.24. The quantitative estimate of drug-likeness (QED) is 0.856. The van der Waals surface area contributed by atoms with E-state index in [2.05, 4.69) is 34.3 Å². The number of hydrogen-bond donors (Lipinski definition) is 2. The first-order valence-corrected chi connectivity index (χ1v) is 6.44. The third-order valence-electron chi connectivity index (χ3n) is 3.06. The molecular formula is C14H18N4O. The van der Waals surface area contributed by atoms with Gasteiger partial charge in [0.1, 0.15) is 5.69 Å². The maximum absolute atomic E-state index is 11.7. The van der Waals surface area contributed by atoms with E-state index in [-0.39, 0.29) is 5.56 Å². The topological polar surface area (TPSA) is 70.7 Å². The molecule has 19 heavy (non-hydrogen) atoms. The van der Waals surface area contributed by atoms with E-state index in [1.54, 1.807) is 12.3 Å². The van der Waals surface area contributed by atoms with Crippen molar-refractivity contribution in [1.82, 2.24) is 20.5 Å². The van der Waals surface area contributed by atoms with Gasteiger partial charge in [-0.3, -0.25) is 9.78 Å². The lowest BCUT2D eigenvalue weighted by Gasteiger charge is -2.10. The van der Waals surface area contributed by atoms with E-state index in [9.17, 15) is 4.79 Å². The molecule has 0 aliphatic rings. The van der Waals surface area contributed by atoms with Gasteiger partial charge in [0.2, 0.25) is 0 Å².